The predicted octanol–water partition coefficient (Wildman–Crippen LogP) is 6.07. The molecule has 0 aromatic heterocycles. The molecule has 10 heteroatoms. The number of amides is 2. The lowest BCUT2D eigenvalue weighted by Gasteiger charge is -2.39. The molecule has 3 fully saturated rings. The maximum atomic E-state index is 12.6. The topological polar surface area (TPSA) is 129 Å². The van der Waals surface area contributed by atoms with Gasteiger partial charge in [-0.2, -0.15) is 0 Å². The van der Waals surface area contributed by atoms with E-state index in [-0.39, 0.29) is 30.6 Å². The van der Waals surface area contributed by atoms with Gasteiger partial charge in [0.25, 0.3) is 0 Å². The van der Waals surface area contributed by atoms with E-state index in [1.165, 1.54) is 38.8 Å². The van der Waals surface area contributed by atoms with E-state index in [1.54, 1.807) is 12.1 Å². The van der Waals surface area contributed by atoms with E-state index in [0.717, 1.165) is 61.2 Å². The van der Waals surface area contributed by atoms with Crippen LogP contribution < -0.4 is 16.4 Å². The number of anilines is 2. The molecule has 3 heterocycles. The Hall–Kier alpha value is -3.80. The summed E-state index contributed by atoms with van der Waals surface area (Å²) in [7, 11) is 0. The van der Waals surface area contributed by atoms with E-state index < -0.39 is 6.29 Å². The number of para-hydroxylation sites is 2. The number of nitrogen functional groups attached to an aromatic ring is 1. The van der Waals surface area contributed by atoms with Crippen molar-refractivity contribution in [3.63, 3.8) is 0 Å². The largest absolute Gasteiger partial charge is 0.397 e. The van der Waals surface area contributed by atoms with Crippen LogP contribution in [0.25, 0.3) is 0 Å². The lowest BCUT2D eigenvalue weighted by Crippen LogP contribution is -2.45. The van der Waals surface area contributed by atoms with Gasteiger partial charge in [-0.3, -0.25) is 14.5 Å². The number of carbonyl (C=O) groups excluding carboxylic acids is 2. The van der Waals surface area contributed by atoms with E-state index in [2.05, 4.69) is 32.6 Å². The van der Waals surface area contributed by atoms with E-state index in [4.69, 9.17) is 15.2 Å². The van der Waals surface area contributed by atoms with Crippen LogP contribution in [0.1, 0.15) is 98.9 Å². The maximum absolute atomic E-state index is 12.6. The molecule has 4 unspecified atom stereocenters. The minimum Gasteiger partial charge on any atom is -0.397 e. The van der Waals surface area contributed by atoms with Gasteiger partial charge in [0.2, 0.25) is 11.8 Å². The Bertz CT molecular complexity index is 1540. The molecule has 0 radical (unpaired) electrons. The molecule has 51 heavy (non-hydrogen) atoms. The summed E-state index contributed by atoms with van der Waals surface area (Å²) in [6.07, 6.45) is 8.36. The lowest BCUT2D eigenvalue weighted by molar-refractivity contribution is -0.253. The van der Waals surface area contributed by atoms with Gasteiger partial charge < -0.3 is 35.8 Å². The van der Waals surface area contributed by atoms with Gasteiger partial charge in [-0.25, -0.2) is 0 Å². The van der Waals surface area contributed by atoms with E-state index in [0.29, 0.717) is 43.2 Å². The molecule has 3 aromatic carbocycles. The Morgan fingerprint density at radius 1 is 0.784 bits per heavy atom. The fraction of sp³-hybridized carbons (Fsp3) is 0.512. The molecule has 3 saturated heterocycles. The van der Waals surface area contributed by atoms with E-state index in [1.807, 2.05) is 48.5 Å². The summed E-state index contributed by atoms with van der Waals surface area (Å²) in [5, 5.41) is 15.4. The predicted molar refractivity (Wildman–Crippen MR) is 200 cm³/mol. The molecule has 3 aliphatic rings. The van der Waals surface area contributed by atoms with Crippen molar-refractivity contribution in [3.8, 4) is 0 Å². The summed E-state index contributed by atoms with van der Waals surface area (Å²) in [6, 6.07) is 24.0. The number of carbonyl (C=O) groups is 2. The normalized spacial score (nSPS) is 22.6. The molecule has 0 spiro atoms. The Morgan fingerprint density at radius 3 is 2.24 bits per heavy atom. The molecule has 0 bridgehead atoms. The SMILES string of the molecule is Nc1ccccc1NC(=O)CCCCCC(=O)NCc1ccc(C2OC(CN3CCCC3CN3CCCC3)CC(c3ccc(CO)cc3)O2)cc1. The first-order valence-electron chi connectivity index (χ1n) is 18.9. The highest BCUT2D eigenvalue weighted by molar-refractivity contribution is 5.93. The summed E-state index contributed by atoms with van der Waals surface area (Å²) in [6.45, 7) is 6.07. The summed E-state index contributed by atoms with van der Waals surface area (Å²) < 4.78 is 13.3. The third kappa shape index (κ3) is 10.9. The molecule has 5 N–H and O–H groups in total. The smallest absolute Gasteiger partial charge is 0.224 e. The Morgan fingerprint density at radius 2 is 1.49 bits per heavy atom. The minimum atomic E-state index is -0.498. The van der Waals surface area contributed by atoms with Gasteiger partial charge in [0.05, 0.1) is 30.2 Å². The average Bonchev–Trinajstić information content (AvgIpc) is 3.84. The Balaban J connectivity index is 0.978. The number of aliphatic hydroxyl groups excluding tert-OH is 1. The molecule has 0 aliphatic carbocycles. The first-order chi connectivity index (χ1) is 24.9. The molecule has 6 rings (SSSR count). The Kier molecular flexibility index (Phi) is 13.5. The highest BCUT2D eigenvalue weighted by Crippen LogP contribution is 2.39. The zero-order chi connectivity index (χ0) is 35.4. The second-order valence-corrected chi connectivity index (χ2v) is 14.4. The zero-order valence-electron chi connectivity index (χ0n) is 29.8. The molecular formula is C41H55N5O5. The monoisotopic (exact) mass is 697 g/mol. The van der Waals surface area contributed by atoms with Crippen molar-refractivity contribution in [2.24, 2.45) is 0 Å². The van der Waals surface area contributed by atoms with Crippen molar-refractivity contribution in [1.82, 2.24) is 15.1 Å². The lowest BCUT2D eigenvalue weighted by atomic mass is 9.99. The van der Waals surface area contributed by atoms with Crippen LogP contribution in [-0.4, -0.2) is 71.6 Å². The Labute approximate surface area is 302 Å². The minimum absolute atomic E-state index is 0.00221. The second-order valence-electron chi connectivity index (χ2n) is 14.4. The van der Waals surface area contributed by atoms with Crippen molar-refractivity contribution in [1.29, 1.82) is 0 Å². The fourth-order valence-electron chi connectivity index (χ4n) is 7.55. The summed E-state index contributed by atoms with van der Waals surface area (Å²) >= 11 is 0. The molecule has 10 nitrogen and oxygen atoms in total. The van der Waals surface area contributed by atoms with Gasteiger partial charge >= 0.3 is 0 Å². The number of ether oxygens (including phenoxy) is 2. The summed E-state index contributed by atoms with van der Waals surface area (Å²) in [5.41, 5.74) is 11.0. The van der Waals surface area contributed by atoms with Gasteiger partial charge in [0, 0.05) is 50.5 Å². The maximum Gasteiger partial charge on any atom is 0.224 e. The number of hydrogen-bond donors (Lipinski definition) is 4. The van der Waals surface area contributed by atoms with Gasteiger partial charge in [0.15, 0.2) is 6.29 Å². The number of nitrogens with one attached hydrogen (secondary N) is 2. The summed E-state index contributed by atoms with van der Waals surface area (Å²) in [4.78, 5) is 30.0. The first-order valence-corrected chi connectivity index (χ1v) is 18.9. The standard InChI is InChI=1S/C41H55N5O5/c42-36-10-4-5-11-37(36)44-40(49)13-3-1-2-12-39(48)43-26-30-14-20-33(21-15-30)41-50-35(25-38(51-41)32-18-16-31(29-47)17-19-32)28-46-24-8-9-34(46)27-45-22-6-7-23-45/h4-5,10-11,14-21,34-35,38,41,47H,1-3,6-9,12-13,22-29,42H2,(H,43,48)(H,44,49). The van der Waals surface area contributed by atoms with E-state index in [9.17, 15) is 14.7 Å². The van der Waals surface area contributed by atoms with Crippen molar-refractivity contribution < 1.29 is 24.2 Å². The molecule has 4 atom stereocenters. The molecule has 3 aliphatic heterocycles. The first kappa shape index (κ1) is 37.0. The molecule has 2 amide bonds. The molecular weight excluding hydrogens is 642 g/mol. The van der Waals surface area contributed by atoms with Crippen LogP contribution in [-0.2, 0) is 32.2 Å². The van der Waals surface area contributed by atoms with Gasteiger partial charge in [-0.15, -0.1) is 0 Å². The van der Waals surface area contributed by atoms with Crippen molar-refractivity contribution in [2.45, 2.75) is 102 Å². The third-order valence-corrected chi connectivity index (χ3v) is 10.5. The van der Waals surface area contributed by atoms with Crippen LogP contribution >= 0.6 is 0 Å². The number of aliphatic hydroxyl groups is 1. The number of benzene rings is 3. The van der Waals surface area contributed by atoms with Crippen LogP contribution in [0.4, 0.5) is 11.4 Å². The van der Waals surface area contributed by atoms with Gasteiger partial charge in [-0.1, -0.05) is 67.1 Å². The zero-order valence-corrected chi connectivity index (χ0v) is 29.8. The number of nitrogens with two attached hydrogens (primary N) is 1. The second kappa shape index (κ2) is 18.6. The molecule has 0 saturated carbocycles. The van der Waals surface area contributed by atoms with Gasteiger partial charge in [0.1, 0.15) is 0 Å². The van der Waals surface area contributed by atoms with E-state index >= 15 is 0 Å². The van der Waals surface area contributed by atoms with Crippen LogP contribution in [0.5, 0.6) is 0 Å². The number of likely N-dealkylation sites (tertiary alicyclic amines) is 2. The number of hydrogen-bond acceptors (Lipinski definition) is 8. The van der Waals surface area contributed by atoms with Crippen molar-refractivity contribution in [2.75, 3.05) is 43.8 Å². The number of nitrogens with zero attached hydrogens (tertiary/aromatic N) is 2. The summed E-state index contributed by atoms with van der Waals surface area (Å²) in [5.74, 6) is -0.0666. The third-order valence-electron chi connectivity index (χ3n) is 10.5. The number of rotatable bonds is 16. The number of unbranched alkanes of at least 4 members (excludes halogenated alkanes) is 2. The molecule has 3 aromatic rings. The van der Waals surface area contributed by atoms with Crippen molar-refractivity contribution >= 4 is 23.2 Å². The fourth-order valence-corrected chi connectivity index (χ4v) is 7.55. The highest BCUT2D eigenvalue weighted by atomic mass is 16.7. The quantitative estimate of drug-likeness (QED) is 0.105. The van der Waals surface area contributed by atoms with Crippen LogP contribution in [0, 0.1) is 0 Å². The van der Waals surface area contributed by atoms with Crippen molar-refractivity contribution in [3.05, 3.63) is 95.1 Å². The van der Waals surface area contributed by atoms with Gasteiger partial charge in [-0.05, 0) is 87.0 Å². The highest BCUT2D eigenvalue weighted by Gasteiger charge is 2.36. The van der Waals surface area contributed by atoms with Crippen LogP contribution in [0.2, 0.25) is 0 Å². The average molecular weight is 698 g/mol. The van der Waals surface area contributed by atoms with Crippen LogP contribution in [0.3, 0.4) is 0 Å². The van der Waals surface area contributed by atoms with Crippen LogP contribution in [0.15, 0.2) is 72.8 Å². The molecule has 274 valence electrons.